The third-order valence-corrected chi connectivity index (χ3v) is 4.55. The molecule has 0 saturated carbocycles. The lowest BCUT2D eigenvalue weighted by atomic mass is 10.0. The molecule has 0 aliphatic rings. The van der Waals surface area contributed by atoms with E-state index in [9.17, 15) is 4.79 Å². The Bertz CT molecular complexity index is 951. The number of carbonyl (C=O) groups excluding carboxylic acids is 1. The van der Waals surface area contributed by atoms with Crippen molar-refractivity contribution in [1.29, 1.82) is 5.26 Å². The number of benzene rings is 2. The molecule has 0 atom stereocenters. The van der Waals surface area contributed by atoms with E-state index in [2.05, 4.69) is 11.1 Å². The molecule has 0 fully saturated rings. The van der Waals surface area contributed by atoms with Gasteiger partial charge < -0.3 is 14.5 Å². The van der Waals surface area contributed by atoms with Crippen LogP contribution < -0.4 is 4.74 Å². The van der Waals surface area contributed by atoms with Gasteiger partial charge in [-0.25, -0.2) is 4.79 Å². The molecule has 1 heterocycles. The Balaban J connectivity index is 1.45. The molecule has 1 aromatic heterocycles. The largest absolute Gasteiger partial charge is 0.494 e. The number of aromatic amines is 1. The van der Waals surface area contributed by atoms with E-state index in [1.165, 1.54) is 7.11 Å². The first-order valence-electron chi connectivity index (χ1n) is 9.18. The van der Waals surface area contributed by atoms with Gasteiger partial charge in [0, 0.05) is 12.4 Å². The molecule has 0 radical (unpaired) electrons. The minimum atomic E-state index is -0.310. The quantitative estimate of drug-likeness (QED) is 0.456. The molecule has 3 aromatic rings. The molecule has 1 N–H and O–H groups in total. The smallest absolute Gasteiger partial charge is 0.339 e. The number of ether oxygens (including phenoxy) is 2. The molecule has 3 rings (SSSR count). The first kappa shape index (κ1) is 19.2. The molecule has 0 spiro atoms. The van der Waals surface area contributed by atoms with Gasteiger partial charge in [0.15, 0.2) is 0 Å². The van der Waals surface area contributed by atoms with Crippen LogP contribution >= 0.6 is 0 Å². The van der Waals surface area contributed by atoms with Crippen LogP contribution in [0.1, 0.15) is 34.3 Å². The van der Waals surface area contributed by atoms with Gasteiger partial charge in [-0.05, 0) is 60.2 Å². The molecular formula is C23H22N2O3. The second-order valence-electron chi connectivity index (χ2n) is 6.40. The van der Waals surface area contributed by atoms with Crippen molar-refractivity contribution in [2.45, 2.75) is 19.3 Å². The minimum absolute atomic E-state index is 0.310. The first-order chi connectivity index (χ1) is 13.7. The lowest BCUT2D eigenvalue weighted by molar-refractivity contribution is 0.0599. The fraction of sp³-hybridized carbons (Fsp3) is 0.217. The average Bonchev–Trinajstić information content (AvgIpc) is 3.22. The molecule has 142 valence electrons. The van der Waals surface area contributed by atoms with Crippen molar-refractivity contribution in [3.05, 3.63) is 77.6 Å². The van der Waals surface area contributed by atoms with Crippen molar-refractivity contribution in [3.8, 4) is 22.9 Å². The summed E-state index contributed by atoms with van der Waals surface area (Å²) in [6.07, 6.45) is 6.13. The van der Waals surface area contributed by atoms with Gasteiger partial charge in [0.2, 0.25) is 0 Å². The van der Waals surface area contributed by atoms with Crippen LogP contribution in [0, 0.1) is 11.3 Å². The number of nitrogens with one attached hydrogen (secondary N) is 1. The van der Waals surface area contributed by atoms with Crippen LogP contribution in [0.2, 0.25) is 0 Å². The number of hydrogen-bond acceptors (Lipinski definition) is 4. The number of nitriles is 1. The molecule has 0 aliphatic carbocycles. The number of methoxy groups -OCH3 is 1. The summed E-state index contributed by atoms with van der Waals surface area (Å²) in [4.78, 5) is 14.6. The van der Waals surface area contributed by atoms with E-state index < -0.39 is 0 Å². The zero-order valence-electron chi connectivity index (χ0n) is 15.8. The third-order valence-electron chi connectivity index (χ3n) is 4.55. The Kier molecular flexibility index (Phi) is 6.48. The van der Waals surface area contributed by atoms with E-state index in [4.69, 9.17) is 14.7 Å². The average molecular weight is 374 g/mol. The van der Waals surface area contributed by atoms with E-state index in [0.29, 0.717) is 17.7 Å². The summed E-state index contributed by atoms with van der Waals surface area (Å²) in [5, 5.41) is 8.87. The van der Waals surface area contributed by atoms with Crippen molar-refractivity contribution in [3.63, 3.8) is 0 Å². The van der Waals surface area contributed by atoms with Crippen molar-refractivity contribution in [2.75, 3.05) is 13.7 Å². The SMILES string of the molecule is COC(=O)c1c[nH]cc1CCCCOc1ccc(-c2ccc(C#N)cc2)cc1. The third kappa shape index (κ3) is 4.80. The molecule has 0 aliphatic heterocycles. The van der Waals surface area contributed by atoms with E-state index in [1.54, 1.807) is 6.20 Å². The van der Waals surface area contributed by atoms with E-state index in [1.807, 2.05) is 54.7 Å². The van der Waals surface area contributed by atoms with Crippen LogP contribution in [-0.4, -0.2) is 24.7 Å². The number of esters is 1. The summed E-state index contributed by atoms with van der Waals surface area (Å²) < 4.78 is 10.6. The van der Waals surface area contributed by atoms with Crippen LogP contribution in [0.3, 0.4) is 0 Å². The van der Waals surface area contributed by atoms with E-state index >= 15 is 0 Å². The van der Waals surface area contributed by atoms with Crippen LogP contribution in [0.4, 0.5) is 0 Å². The maximum absolute atomic E-state index is 11.7. The summed E-state index contributed by atoms with van der Waals surface area (Å²) >= 11 is 0. The monoisotopic (exact) mass is 374 g/mol. The summed E-state index contributed by atoms with van der Waals surface area (Å²) in [5.41, 5.74) is 4.38. The number of carbonyl (C=O) groups is 1. The summed E-state index contributed by atoms with van der Waals surface area (Å²) in [6, 6.07) is 17.6. The summed E-state index contributed by atoms with van der Waals surface area (Å²) in [7, 11) is 1.39. The fourth-order valence-corrected chi connectivity index (χ4v) is 2.99. The highest BCUT2D eigenvalue weighted by molar-refractivity contribution is 5.90. The highest BCUT2D eigenvalue weighted by Gasteiger charge is 2.12. The van der Waals surface area contributed by atoms with Crippen molar-refractivity contribution < 1.29 is 14.3 Å². The van der Waals surface area contributed by atoms with Crippen molar-refractivity contribution in [2.24, 2.45) is 0 Å². The standard InChI is InChI=1S/C23H22N2O3/c1-27-23(26)22-16-25-15-20(22)4-2-3-13-28-21-11-9-19(10-12-21)18-7-5-17(14-24)6-8-18/h5-12,15-16,25H,2-4,13H2,1H3. The Morgan fingerprint density at radius 3 is 2.32 bits per heavy atom. The second kappa shape index (κ2) is 9.43. The van der Waals surface area contributed by atoms with Crippen LogP contribution in [0.5, 0.6) is 5.75 Å². The predicted octanol–water partition coefficient (Wildman–Crippen LogP) is 4.74. The summed E-state index contributed by atoms with van der Waals surface area (Å²) in [5.74, 6) is 0.518. The Morgan fingerprint density at radius 1 is 1.00 bits per heavy atom. The predicted molar refractivity (Wildman–Crippen MR) is 107 cm³/mol. The van der Waals surface area contributed by atoms with Gasteiger partial charge in [-0.2, -0.15) is 5.26 Å². The van der Waals surface area contributed by atoms with Gasteiger partial charge in [0.05, 0.1) is 30.9 Å². The molecule has 5 heteroatoms. The maximum atomic E-state index is 11.7. The highest BCUT2D eigenvalue weighted by atomic mass is 16.5. The molecule has 5 nitrogen and oxygen atoms in total. The van der Waals surface area contributed by atoms with Gasteiger partial charge >= 0.3 is 5.97 Å². The normalized spacial score (nSPS) is 10.3. The first-order valence-corrected chi connectivity index (χ1v) is 9.18. The summed E-state index contributed by atoms with van der Waals surface area (Å²) in [6.45, 7) is 0.619. The molecule has 0 unspecified atom stereocenters. The number of rotatable bonds is 8. The van der Waals surface area contributed by atoms with Gasteiger partial charge in [-0.1, -0.05) is 24.3 Å². The van der Waals surface area contributed by atoms with Gasteiger partial charge in [0.25, 0.3) is 0 Å². The molecule has 0 amide bonds. The number of unbranched alkanes of at least 4 members (excludes halogenated alkanes) is 1. The van der Waals surface area contributed by atoms with Gasteiger partial charge in [-0.15, -0.1) is 0 Å². The van der Waals surface area contributed by atoms with Gasteiger partial charge in [0.1, 0.15) is 5.75 Å². The molecule has 2 aromatic carbocycles. The lowest BCUT2D eigenvalue weighted by Gasteiger charge is -2.08. The Morgan fingerprint density at radius 2 is 1.68 bits per heavy atom. The van der Waals surface area contributed by atoms with E-state index in [0.717, 1.165) is 41.7 Å². The van der Waals surface area contributed by atoms with Crippen LogP contribution in [-0.2, 0) is 11.2 Å². The second-order valence-corrected chi connectivity index (χ2v) is 6.40. The zero-order valence-corrected chi connectivity index (χ0v) is 15.8. The molecule has 0 saturated heterocycles. The maximum Gasteiger partial charge on any atom is 0.339 e. The minimum Gasteiger partial charge on any atom is -0.494 e. The molecule has 0 bridgehead atoms. The number of nitrogens with zero attached hydrogens (tertiary/aromatic N) is 1. The Labute approximate surface area is 164 Å². The Hall–Kier alpha value is -3.52. The molecule has 28 heavy (non-hydrogen) atoms. The van der Waals surface area contributed by atoms with E-state index in [-0.39, 0.29) is 5.97 Å². The topological polar surface area (TPSA) is 75.1 Å². The lowest BCUT2D eigenvalue weighted by Crippen LogP contribution is -2.04. The number of hydrogen-bond donors (Lipinski definition) is 1. The van der Waals surface area contributed by atoms with Crippen LogP contribution in [0.15, 0.2) is 60.9 Å². The van der Waals surface area contributed by atoms with Gasteiger partial charge in [-0.3, -0.25) is 0 Å². The van der Waals surface area contributed by atoms with Crippen molar-refractivity contribution >= 4 is 5.97 Å². The molecular weight excluding hydrogens is 352 g/mol. The zero-order chi connectivity index (χ0) is 19.8. The number of aryl methyl sites for hydroxylation is 1. The highest BCUT2D eigenvalue weighted by Crippen LogP contribution is 2.23. The number of H-pyrrole nitrogens is 1. The van der Waals surface area contributed by atoms with Crippen LogP contribution in [0.25, 0.3) is 11.1 Å². The number of aromatic nitrogens is 1. The van der Waals surface area contributed by atoms with Crippen molar-refractivity contribution in [1.82, 2.24) is 4.98 Å². The fourth-order valence-electron chi connectivity index (χ4n) is 2.99.